The van der Waals surface area contributed by atoms with Crippen molar-refractivity contribution >= 4 is 11.4 Å². The Hall–Kier alpha value is -3.08. The largest absolute Gasteiger partial charge is 0.416 e. The summed E-state index contributed by atoms with van der Waals surface area (Å²) in [6.07, 6.45) is -4.22. The molecule has 0 unspecified atom stereocenters. The number of nitrogens with zero attached hydrogens (tertiary/aromatic N) is 5. The highest BCUT2D eigenvalue weighted by Gasteiger charge is 2.36. The van der Waals surface area contributed by atoms with Crippen molar-refractivity contribution in [2.45, 2.75) is 38.8 Å². The molecule has 0 aliphatic rings. The Kier molecular flexibility index (Phi) is 8.45. The predicted molar refractivity (Wildman–Crippen MR) is 94.8 cm³/mol. The van der Waals surface area contributed by atoms with Gasteiger partial charge in [0.2, 0.25) is 13.1 Å². The van der Waals surface area contributed by atoms with Gasteiger partial charge in [-0.15, -0.1) is 0 Å². The summed E-state index contributed by atoms with van der Waals surface area (Å²) in [7, 11) is 0. The zero-order chi connectivity index (χ0) is 21.3. The van der Waals surface area contributed by atoms with E-state index < -0.39 is 46.8 Å². The lowest BCUT2D eigenvalue weighted by Crippen LogP contribution is -2.16. The third-order valence-corrected chi connectivity index (χ3v) is 3.87. The molecule has 0 aliphatic heterocycles. The molecule has 1 aromatic rings. The van der Waals surface area contributed by atoms with E-state index in [1.807, 2.05) is 6.92 Å². The first-order valence-electron chi connectivity index (χ1n) is 8.40. The Morgan fingerprint density at radius 1 is 1.21 bits per heavy atom. The summed E-state index contributed by atoms with van der Waals surface area (Å²) < 4.78 is 40.5. The monoisotopic (exact) mass is 404 g/mol. The van der Waals surface area contributed by atoms with Gasteiger partial charge in [-0.1, -0.05) is 18.5 Å². The number of halogens is 3. The number of rotatable bonds is 11. The SMILES string of the molecule is CCCCNc1c(CC[N+](=O)[O-])cc(C(F)(F)F)c(N=[N+]=[N-])c1CC[N+](=O)[O-]. The first-order chi connectivity index (χ1) is 13.1. The highest BCUT2D eigenvalue weighted by Crippen LogP contribution is 2.43. The molecule has 0 bridgehead atoms. The molecule has 0 radical (unpaired) electrons. The number of anilines is 1. The van der Waals surface area contributed by atoms with Crippen molar-refractivity contribution in [3.8, 4) is 0 Å². The maximum absolute atomic E-state index is 13.5. The van der Waals surface area contributed by atoms with E-state index in [0.29, 0.717) is 19.0 Å². The first kappa shape index (κ1) is 23.0. The van der Waals surface area contributed by atoms with Crippen LogP contribution in [-0.2, 0) is 19.0 Å². The summed E-state index contributed by atoms with van der Waals surface area (Å²) in [5.74, 6) is 0. The molecule has 28 heavy (non-hydrogen) atoms. The Morgan fingerprint density at radius 3 is 2.32 bits per heavy atom. The van der Waals surface area contributed by atoms with Crippen LogP contribution in [0.1, 0.15) is 36.5 Å². The van der Waals surface area contributed by atoms with Crippen molar-refractivity contribution in [2.75, 3.05) is 25.0 Å². The van der Waals surface area contributed by atoms with Crippen LogP contribution in [0.2, 0.25) is 0 Å². The number of azide groups is 1. The maximum atomic E-state index is 13.5. The van der Waals surface area contributed by atoms with E-state index in [-0.39, 0.29) is 23.2 Å². The summed E-state index contributed by atoms with van der Waals surface area (Å²) >= 11 is 0. The molecule has 0 spiro atoms. The summed E-state index contributed by atoms with van der Waals surface area (Å²) in [5, 5.41) is 27.5. The van der Waals surface area contributed by atoms with Gasteiger partial charge in [0.25, 0.3) is 0 Å². The van der Waals surface area contributed by atoms with Crippen molar-refractivity contribution in [1.29, 1.82) is 0 Å². The molecule has 1 rings (SSSR count). The molecule has 0 saturated carbocycles. The van der Waals surface area contributed by atoms with Gasteiger partial charge in [-0.3, -0.25) is 20.2 Å². The normalized spacial score (nSPS) is 11.0. The summed E-state index contributed by atoms with van der Waals surface area (Å²) in [4.78, 5) is 22.5. The smallest absolute Gasteiger partial charge is 0.385 e. The Bertz CT molecular complexity index is 778. The predicted octanol–water partition coefficient (Wildman–Crippen LogP) is 4.50. The van der Waals surface area contributed by atoms with Gasteiger partial charge in [-0.2, -0.15) is 13.2 Å². The minimum Gasteiger partial charge on any atom is -0.385 e. The molecular weight excluding hydrogens is 385 g/mol. The minimum atomic E-state index is -4.90. The van der Waals surface area contributed by atoms with E-state index in [2.05, 4.69) is 15.3 Å². The van der Waals surface area contributed by atoms with Crippen molar-refractivity contribution < 1.29 is 23.0 Å². The quantitative estimate of drug-likeness (QED) is 0.144. The van der Waals surface area contributed by atoms with Gasteiger partial charge in [-0.25, -0.2) is 0 Å². The van der Waals surface area contributed by atoms with Crippen molar-refractivity contribution in [1.82, 2.24) is 0 Å². The fourth-order valence-electron chi connectivity index (χ4n) is 2.63. The molecule has 154 valence electrons. The average Bonchev–Trinajstić information content (AvgIpc) is 2.59. The van der Waals surface area contributed by atoms with Gasteiger partial charge in [0.1, 0.15) is 0 Å². The third kappa shape index (κ3) is 6.58. The van der Waals surface area contributed by atoms with Crippen LogP contribution in [0.15, 0.2) is 11.2 Å². The van der Waals surface area contributed by atoms with Crippen molar-refractivity contribution in [3.63, 3.8) is 0 Å². The van der Waals surface area contributed by atoms with Crippen molar-refractivity contribution in [2.24, 2.45) is 5.11 Å². The summed E-state index contributed by atoms with van der Waals surface area (Å²) in [5.41, 5.74) is 6.63. The van der Waals surface area contributed by atoms with E-state index in [1.54, 1.807) is 0 Å². The molecule has 0 amide bonds. The van der Waals surface area contributed by atoms with Crippen LogP contribution >= 0.6 is 0 Å². The molecule has 0 atom stereocenters. The number of benzene rings is 1. The second-order valence-electron chi connectivity index (χ2n) is 5.87. The zero-order valence-electron chi connectivity index (χ0n) is 15.0. The van der Waals surface area contributed by atoms with E-state index in [1.165, 1.54) is 0 Å². The van der Waals surface area contributed by atoms with Crippen LogP contribution < -0.4 is 5.32 Å². The molecule has 0 heterocycles. The fraction of sp³-hybridized carbons (Fsp3) is 0.600. The molecule has 0 fully saturated rings. The van der Waals surface area contributed by atoms with E-state index in [0.717, 1.165) is 6.42 Å². The summed E-state index contributed by atoms with van der Waals surface area (Å²) in [6, 6.07) is 0.706. The van der Waals surface area contributed by atoms with Crippen LogP contribution in [0.4, 0.5) is 24.5 Å². The number of nitrogens with one attached hydrogen (secondary N) is 1. The molecular formula is C15H19F3N6O4. The molecule has 0 aromatic heterocycles. The molecule has 1 N–H and O–H groups in total. The lowest BCUT2D eigenvalue weighted by Gasteiger charge is -2.21. The zero-order valence-corrected chi connectivity index (χ0v) is 15.0. The van der Waals surface area contributed by atoms with Gasteiger partial charge in [-0.05, 0) is 29.1 Å². The van der Waals surface area contributed by atoms with Crippen LogP contribution in [0, 0.1) is 20.2 Å². The fourth-order valence-corrected chi connectivity index (χ4v) is 2.63. The van der Waals surface area contributed by atoms with Gasteiger partial charge in [0, 0.05) is 39.8 Å². The van der Waals surface area contributed by atoms with Crippen LogP contribution in [0.3, 0.4) is 0 Å². The molecule has 1 aromatic carbocycles. The minimum absolute atomic E-state index is 0.00429. The number of nitro groups is 2. The molecule has 0 aliphatic carbocycles. The van der Waals surface area contributed by atoms with Gasteiger partial charge < -0.3 is 5.32 Å². The highest BCUT2D eigenvalue weighted by molar-refractivity contribution is 5.71. The first-order valence-corrected chi connectivity index (χ1v) is 8.40. The number of hydrogen-bond donors (Lipinski definition) is 1. The average molecular weight is 404 g/mol. The topological polar surface area (TPSA) is 147 Å². The number of unbranched alkanes of at least 4 members (excludes halogenated alkanes) is 1. The molecule has 0 saturated heterocycles. The van der Waals surface area contributed by atoms with E-state index in [4.69, 9.17) is 5.53 Å². The van der Waals surface area contributed by atoms with E-state index >= 15 is 0 Å². The number of alkyl halides is 3. The lowest BCUT2D eigenvalue weighted by molar-refractivity contribution is -0.479. The second kappa shape index (κ2) is 10.3. The Labute approximate surface area is 157 Å². The standard InChI is InChI=1S/C15H19F3N6O4/c1-2-3-6-20-13-10(4-7-23(25)26)9-12(15(16,17)18)14(21-22-19)11(13)5-8-24(27)28/h9,20H,2-8H2,1H3. The molecule has 10 nitrogen and oxygen atoms in total. The Morgan fingerprint density at radius 2 is 1.82 bits per heavy atom. The lowest BCUT2D eigenvalue weighted by atomic mass is 9.95. The van der Waals surface area contributed by atoms with Crippen LogP contribution in [-0.4, -0.2) is 29.5 Å². The van der Waals surface area contributed by atoms with E-state index in [9.17, 15) is 33.4 Å². The van der Waals surface area contributed by atoms with Crippen LogP contribution in [0.5, 0.6) is 0 Å². The maximum Gasteiger partial charge on any atom is 0.416 e. The van der Waals surface area contributed by atoms with Gasteiger partial charge in [0.05, 0.1) is 11.3 Å². The molecule has 13 heteroatoms. The van der Waals surface area contributed by atoms with Gasteiger partial charge in [0.15, 0.2) is 0 Å². The Balaban J connectivity index is 3.69. The van der Waals surface area contributed by atoms with Crippen LogP contribution in [0.25, 0.3) is 10.4 Å². The second-order valence-corrected chi connectivity index (χ2v) is 5.87. The third-order valence-electron chi connectivity index (χ3n) is 3.87. The van der Waals surface area contributed by atoms with Gasteiger partial charge >= 0.3 is 6.18 Å². The van der Waals surface area contributed by atoms with Crippen molar-refractivity contribution in [3.05, 3.63) is 53.4 Å². The highest BCUT2D eigenvalue weighted by atomic mass is 19.4. The number of hydrogen-bond acceptors (Lipinski definition) is 6. The summed E-state index contributed by atoms with van der Waals surface area (Å²) in [6.45, 7) is 0.928.